The second kappa shape index (κ2) is 9.58. The summed E-state index contributed by atoms with van der Waals surface area (Å²) in [6.45, 7) is 7.00. The van der Waals surface area contributed by atoms with Gasteiger partial charge in [0, 0.05) is 51.9 Å². The van der Waals surface area contributed by atoms with Gasteiger partial charge in [0.15, 0.2) is 11.5 Å². The van der Waals surface area contributed by atoms with Gasteiger partial charge in [0.25, 0.3) is 0 Å². The second-order valence-corrected chi connectivity index (χ2v) is 7.34. The van der Waals surface area contributed by atoms with E-state index in [-0.39, 0.29) is 12.7 Å². The maximum Gasteiger partial charge on any atom is 0.244 e. The summed E-state index contributed by atoms with van der Waals surface area (Å²) in [7, 11) is 0. The summed E-state index contributed by atoms with van der Waals surface area (Å²) in [6.07, 6.45) is 3.36. The van der Waals surface area contributed by atoms with Crippen molar-refractivity contribution in [2.45, 2.75) is 6.54 Å². The number of nitrogens with one attached hydrogen (secondary N) is 1. The van der Waals surface area contributed by atoms with Crippen LogP contribution in [0.4, 0.5) is 0 Å². The summed E-state index contributed by atoms with van der Waals surface area (Å²) in [5.41, 5.74) is 2.28. The first-order valence-electron chi connectivity index (χ1n) is 10.1. The van der Waals surface area contributed by atoms with Gasteiger partial charge < -0.3 is 14.8 Å². The van der Waals surface area contributed by atoms with E-state index in [1.165, 1.54) is 5.56 Å². The van der Waals surface area contributed by atoms with E-state index in [1.807, 2.05) is 18.2 Å². The van der Waals surface area contributed by atoms with E-state index in [0.29, 0.717) is 6.54 Å². The third-order valence-corrected chi connectivity index (χ3v) is 5.26. The molecule has 0 unspecified atom stereocenters. The largest absolute Gasteiger partial charge is 0.454 e. The first-order valence-corrected chi connectivity index (χ1v) is 10.1. The first kappa shape index (κ1) is 19.5. The van der Waals surface area contributed by atoms with Crippen LogP contribution in [0.5, 0.6) is 11.5 Å². The van der Waals surface area contributed by atoms with Crippen LogP contribution < -0.4 is 14.8 Å². The number of carbonyl (C=O) groups excluding carboxylic acids is 1. The minimum atomic E-state index is -0.0784. The molecule has 6 nitrogen and oxygen atoms in total. The Balaban J connectivity index is 1.14. The number of amides is 1. The molecule has 2 aromatic rings. The average Bonchev–Trinajstić information content (AvgIpc) is 3.22. The SMILES string of the molecule is O=C(/C=C/c1ccc2c(c1)OCO2)NCCN1CCN(Cc2ccccc2)CC1. The van der Waals surface area contributed by atoms with Crippen LogP contribution in [0.2, 0.25) is 0 Å². The van der Waals surface area contributed by atoms with Gasteiger partial charge in [0.2, 0.25) is 12.7 Å². The Morgan fingerprint density at radius 3 is 2.55 bits per heavy atom. The molecule has 2 aliphatic heterocycles. The van der Waals surface area contributed by atoms with Crippen LogP contribution in [0.15, 0.2) is 54.6 Å². The Labute approximate surface area is 171 Å². The number of fused-ring (bicyclic) bond motifs is 1. The van der Waals surface area contributed by atoms with E-state index in [1.54, 1.807) is 12.2 Å². The smallest absolute Gasteiger partial charge is 0.244 e. The minimum absolute atomic E-state index is 0.0784. The van der Waals surface area contributed by atoms with E-state index in [0.717, 1.165) is 56.3 Å². The number of rotatable bonds is 7. The maximum atomic E-state index is 12.1. The normalized spacial score (nSPS) is 17.0. The van der Waals surface area contributed by atoms with Gasteiger partial charge in [-0.1, -0.05) is 36.4 Å². The number of carbonyl (C=O) groups is 1. The monoisotopic (exact) mass is 393 g/mol. The van der Waals surface area contributed by atoms with Gasteiger partial charge in [-0.3, -0.25) is 14.6 Å². The molecule has 1 saturated heterocycles. The molecule has 1 amide bonds. The summed E-state index contributed by atoms with van der Waals surface area (Å²) in [5.74, 6) is 1.39. The van der Waals surface area contributed by atoms with Gasteiger partial charge in [-0.15, -0.1) is 0 Å². The molecule has 0 atom stereocenters. The molecule has 2 aliphatic rings. The molecule has 0 aromatic heterocycles. The molecular weight excluding hydrogens is 366 g/mol. The Hall–Kier alpha value is -2.83. The summed E-state index contributed by atoms with van der Waals surface area (Å²) in [6, 6.07) is 16.2. The van der Waals surface area contributed by atoms with Crippen molar-refractivity contribution in [2.24, 2.45) is 0 Å². The lowest BCUT2D eigenvalue weighted by Crippen LogP contribution is -2.47. The van der Waals surface area contributed by atoms with Crippen molar-refractivity contribution in [2.75, 3.05) is 46.1 Å². The van der Waals surface area contributed by atoms with Gasteiger partial charge in [-0.25, -0.2) is 0 Å². The number of nitrogens with zero attached hydrogens (tertiary/aromatic N) is 2. The van der Waals surface area contributed by atoms with Crippen molar-refractivity contribution < 1.29 is 14.3 Å². The van der Waals surface area contributed by atoms with Gasteiger partial charge in [0.1, 0.15) is 0 Å². The predicted octanol–water partition coefficient (Wildman–Crippen LogP) is 2.36. The van der Waals surface area contributed by atoms with Gasteiger partial charge in [-0.05, 0) is 29.3 Å². The van der Waals surface area contributed by atoms with E-state index in [2.05, 4.69) is 45.4 Å². The summed E-state index contributed by atoms with van der Waals surface area (Å²) in [5, 5.41) is 2.97. The van der Waals surface area contributed by atoms with Crippen molar-refractivity contribution in [3.05, 3.63) is 65.7 Å². The fourth-order valence-corrected chi connectivity index (χ4v) is 3.60. The lowest BCUT2D eigenvalue weighted by Gasteiger charge is -2.34. The molecule has 0 radical (unpaired) electrons. The average molecular weight is 393 g/mol. The van der Waals surface area contributed by atoms with Crippen LogP contribution >= 0.6 is 0 Å². The van der Waals surface area contributed by atoms with Gasteiger partial charge >= 0.3 is 0 Å². The zero-order chi connectivity index (χ0) is 19.9. The number of hydrogen-bond acceptors (Lipinski definition) is 5. The first-order chi connectivity index (χ1) is 14.3. The van der Waals surface area contributed by atoms with Crippen molar-refractivity contribution in [1.29, 1.82) is 0 Å². The second-order valence-electron chi connectivity index (χ2n) is 7.34. The highest BCUT2D eigenvalue weighted by Gasteiger charge is 2.16. The third-order valence-electron chi connectivity index (χ3n) is 5.26. The number of ether oxygens (including phenoxy) is 2. The van der Waals surface area contributed by atoms with Crippen molar-refractivity contribution in [1.82, 2.24) is 15.1 Å². The summed E-state index contributed by atoms with van der Waals surface area (Å²) < 4.78 is 10.6. The zero-order valence-corrected chi connectivity index (χ0v) is 16.5. The molecule has 0 aliphatic carbocycles. The highest BCUT2D eigenvalue weighted by atomic mass is 16.7. The molecule has 0 saturated carbocycles. The standard InChI is InChI=1S/C23H27N3O3/c27-23(9-7-19-6-8-21-22(16-19)29-18-28-21)24-10-11-25-12-14-26(15-13-25)17-20-4-2-1-3-5-20/h1-9,16H,10-15,17-18H2,(H,24,27)/b9-7+. The Morgan fingerprint density at radius 1 is 0.966 bits per heavy atom. The van der Waals surface area contributed by atoms with Crippen molar-refractivity contribution >= 4 is 12.0 Å². The third kappa shape index (κ3) is 5.59. The maximum absolute atomic E-state index is 12.1. The Bertz CT molecular complexity index is 846. The summed E-state index contributed by atoms with van der Waals surface area (Å²) >= 11 is 0. The molecular formula is C23H27N3O3. The van der Waals surface area contributed by atoms with Crippen molar-refractivity contribution in [3.63, 3.8) is 0 Å². The highest BCUT2D eigenvalue weighted by Crippen LogP contribution is 2.32. The van der Waals surface area contributed by atoms with Crippen LogP contribution in [-0.4, -0.2) is 61.8 Å². The van der Waals surface area contributed by atoms with Crippen LogP contribution in [0, 0.1) is 0 Å². The topological polar surface area (TPSA) is 54.0 Å². The minimum Gasteiger partial charge on any atom is -0.454 e. The van der Waals surface area contributed by atoms with Gasteiger partial charge in [-0.2, -0.15) is 0 Å². The van der Waals surface area contributed by atoms with Crippen LogP contribution in [0.1, 0.15) is 11.1 Å². The highest BCUT2D eigenvalue weighted by molar-refractivity contribution is 5.91. The lowest BCUT2D eigenvalue weighted by atomic mass is 10.2. The van der Waals surface area contributed by atoms with Crippen LogP contribution in [0.25, 0.3) is 6.08 Å². The number of benzene rings is 2. The quantitative estimate of drug-likeness (QED) is 0.732. The molecule has 2 heterocycles. The fraction of sp³-hybridized carbons (Fsp3) is 0.348. The molecule has 1 N–H and O–H groups in total. The van der Waals surface area contributed by atoms with E-state index >= 15 is 0 Å². The molecule has 1 fully saturated rings. The van der Waals surface area contributed by atoms with Crippen molar-refractivity contribution in [3.8, 4) is 11.5 Å². The fourth-order valence-electron chi connectivity index (χ4n) is 3.60. The molecule has 0 bridgehead atoms. The molecule has 29 heavy (non-hydrogen) atoms. The zero-order valence-electron chi connectivity index (χ0n) is 16.5. The lowest BCUT2D eigenvalue weighted by molar-refractivity contribution is -0.116. The van der Waals surface area contributed by atoms with E-state index in [9.17, 15) is 4.79 Å². The number of piperazine rings is 1. The Morgan fingerprint density at radius 2 is 1.72 bits per heavy atom. The van der Waals surface area contributed by atoms with E-state index in [4.69, 9.17) is 9.47 Å². The predicted molar refractivity (Wildman–Crippen MR) is 113 cm³/mol. The molecule has 2 aromatic carbocycles. The molecule has 152 valence electrons. The van der Waals surface area contributed by atoms with Crippen LogP contribution in [-0.2, 0) is 11.3 Å². The number of hydrogen-bond donors (Lipinski definition) is 1. The van der Waals surface area contributed by atoms with Gasteiger partial charge in [0.05, 0.1) is 0 Å². The molecule has 0 spiro atoms. The van der Waals surface area contributed by atoms with Crippen LogP contribution in [0.3, 0.4) is 0 Å². The van der Waals surface area contributed by atoms with E-state index < -0.39 is 0 Å². The molecule has 6 heteroatoms. The Kier molecular flexibility index (Phi) is 6.44. The summed E-state index contributed by atoms with van der Waals surface area (Å²) in [4.78, 5) is 17.0. The molecule has 4 rings (SSSR count).